The molecule has 1 aliphatic rings. The first-order chi connectivity index (χ1) is 7.27. The summed E-state index contributed by atoms with van der Waals surface area (Å²) in [6, 6.07) is 0.379. The van der Waals surface area contributed by atoms with Crippen molar-refractivity contribution in [3.63, 3.8) is 0 Å². The molecule has 3 N–H and O–H groups in total. The Balaban J connectivity index is 2.36. The van der Waals surface area contributed by atoms with Crippen LogP contribution in [-0.2, 0) is 4.79 Å². The second-order valence-electron chi connectivity index (χ2n) is 4.52. The zero-order valence-electron chi connectivity index (χ0n) is 9.80. The van der Waals surface area contributed by atoms with Crippen LogP contribution in [0.4, 0.5) is 0 Å². The first kappa shape index (κ1) is 12.5. The molecule has 1 unspecified atom stereocenters. The van der Waals surface area contributed by atoms with E-state index in [2.05, 4.69) is 12.2 Å². The van der Waals surface area contributed by atoms with Crippen molar-refractivity contribution in [1.29, 1.82) is 0 Å². The molecule has 3 heteroatoms. The summed E-state index contributed by atoms with van der Waals surface area (Å²) in [4.78, 5) is 11.5. The number of hydrogen-bond acceptors (Lipinski definition) is 2. The Kier molecular flexibility index (Phi) is 5.69. The van der Waals surface area contributed by atoms with Crippen LogP contribution in [0, 0.1) is 5.92 Å². The Morgan fingerprint density at radius 3 is 2.60 bits per heavy atom. The summed E-state index contributed by atoms with van der Waals surface area (Å²) in [5.74, 6) is 0.820. The molecule has 3 nitrogen and oxygen atoms in total. The van der Waals surface area contributed by atoms with Gasteiger partial charge in [0.1, 0.15) is 0 Å². The SMILES string of the molecule is CCC(NC(=O)CCN)C1CCCCC1. The summed E-state index contributed by atoms with van der Waals surface area (Å²) in [6.45, 7) is 2.61. The molecule has 0 bridgehead atoms. The molecule has 0 aromatic rings. The lowest BCUT2D eigenvalue weighted by Crippen LogP contribution is -2.41. The number of rotatable bonds is 5. The van der Waals surface area contributed by atoms with Crippen molar-refractivity contribution in [1.82, 2.24) is 5.32 Å². The third kappa shape index (κ3) is 4.20. The molecule has 0 radical (unpaired) electrons. The quantitative estimate of drug-likeness (QED) is 0.730. The summed E-state index contributed by atoms with van der Waals surface area (Å²) in [7, 11) is 0. The van der Waals surface area contributed by atoms with Crippen LogP contribution < -0.4 is 11.1 Å². The van der Waals surface area contributed by atoms with E-state index in [1.54, 1.807) is 0 Å². The molecule has 1 saturated carbocycles. The van der Waals surface area contributed by atoms with E-state index in [-0.39, 0.29) is 5.91 Å². The Morgan fingerprint density at radius 2 is 2.07 bits per heavy atom. The van der Waals surface area contributed by atoms with Crippen molar-refractivity contribution in [2.45, 2.75) is 57.9 Å². The Morgan fingerprint density at radius 1 is 1.40 bits per heavy atom. The fourth-order valence-corrected chi connectivity index (χ4v) is 2.50. The van der Waals surface area contributed by atoms with Crippen LogP contribution in [-0.4, -0.2) is 18.5 Å². The number of hydrogen-bond donors (Lipinski definition) is 2. The largest absolute Gasteiger partial charge is 0.353 e. The molecule has 1 atom stereocenters. The van der Waals surface area contributed by atoms with Crippen LogP contribution in [0.25, 0.3) is 0 Å². The normalized spacial score (nSPS) is 19.9. The van der Waals surface area contributed by atoms with Gasteiger partial charge in [-0.15, -0.1) is 0 Å². The number of nitrogens with one attached hydrogen (secondary N) is 1. The summed E-state index contributed by atoms with van der Waals surface area (Å²) in [6.07, 6.45) is 8.08. The van der Waals surface area contributed by atoms with Gasteiger partial charge in [-0.2, -0.15) is 0 Å². The molecule has 0 saturated heterocycles. The van der Waals surface area contributed by atoms with Gasteiger partial charge in [-0.05, 0) is 25.2 Å². The van der Waals surface area contributed by atoms with E-state index in [0.29, 0.717) is 24.9 Å². The zero-order chi connectivity index (χ0) is 11.1. The maximum atomic E-state index is 11.5. The van der Waals surface area contributed by atoms with Crippen LogP contribution in [0.1, 0.15) is 51.9 Å². The van der Waals surface area contributed by atoms with Gasteiger partial charge in [0, 0.05) is 19.0 Å². The van der Waals surface area contributed by atoms with Crippen LogP contribution in [0.5, 0.6) is 0 Å². The fourth-order valence-electron chi connectivity index (χ4n) is 2.50. The Bertz CT molecular complexity index is 188. The van der Waals surface area contributed by atoms with Crippen LogP contribution in [0.2, 0.25) is 0 Å². The fraction of sp³-hybridized carbons (Fsp3) is 0.917. The van der Waals surface area contributed by atoms with E-state index in [9.17, 15) is 4.79 Å². The first-order valence-corrected chi connectivity index (χ1v) is 6.27. The maximum absolute atomic E-state index is 11.5. The van der Waals surface area contributed by atoms with Crippen LogP contribution >= 0.6 is 0 Å². The topological polar surface area (TPSA) is 55.1 Å². The van der Waals surface area contributed by atoms with Gasteiger partial charge in [-0.25, -0.2) is 0 Å². The number of carbonyl (C=O) groups is 1. The van der Waals surface area contributed by atoms with E-state index in [1.165, 1.54) is 32.1 Å². The summed E-state index contributed by atoms with van der Waals surface area (Å²) in [5, 5.41) is 3.12. The molecule has 0 aliphatic heterocycles. The van der Waals surface area contributed by atoms with Crippen molar-refractivity contribution in [2.24, 2.45) is 11.7 Å². The molecule has 15 heavy (non-hydrogen) atoms. The van der Waals surface area contributed by atoms with Gasteiger partial charge in [0.15, 0.2) is 0 Å². The number of nitrogens with two attached hydrogens (primary N) is 1. The molecule has 0 spiro atoms. The third-order valence-electron chi connectivity index (χ3n) is 3.38. The van der Waals surface area contributed by atoms with E-state index in [1.807, 2.05) is 0 Å². The Hall–Kier alpha value is -0.570. The average molecular weight is 212 g/mol. The molecule has 1 rings (SSSR count). The van der Waals surface area contributed by atoms with Gasteiger partial charge in [0.05, 0.1) is 0 Å². The summed E-state index contributed by atoms with van der Waals surface area (Å²) in [5.41, 5.74) is 5.36. The zero-order valence-corrected chi connectivity index (χ0v) is 9.80. The Labute approximate surface area is 92.8 Å². The predicted octanol–water partition coefficient (Wildman–Crippen LogP) is 1.81. The predicted molar refractivity (Wildman–Crippen MR) is 62.5 cm³/mol. The molecule has 0 aromatic carbocycles. The van der Waals surface area contributed by atoms with Crippen molar-refractivity contribution in [3.8, 4) is 0 Å². The molecule has 0 aromatic heterocycles. The van der Waals surface area contributed by atoms with E-state index < -0.39 is 0 Å². The molecular weight excluding hydrogens is 188 g/mol. The van der Waals surface area contributed by atoms with Gasteiger partial charge in [-0.3, -0.25) is 4.79 Å². The molecule has 0 heterocycles. The molecule has 88 valence electrons. The molecular formula is C12H24N2O. The lowest BCUT2D eigenvalue weighted by atomic mass is 9.83. The lowest BCUT2D eigenvalue weighted by molar-refractivity contribution is -0.122. The van der Waals surface area contributed by atoms with Gasteiger partial charge in [0.2, 0.25) is 5.91 Å². The highest BCUT2D eigenvalue weighted by molar-refractivity contribution is 5.76. The first-order valence-electron chi connectivity index (χ1n) is 6.27. The minimum absolute atomic E-state index is 0.120. The average Bonchev–Trinajstić information content (AvgIpc) is 2.27. The second-order valence-corrected chi connectivity index (χ2v) is 4.52. The monoisotopic (exact) mass is 212 g/mol. The number of amides is 1. The maximum Gasteiger partial charge on any atom is 0.221 e. The van der Waals surface area contributed by atoms with Crippen LogP contribution in [0.3, 0.4) is 0 Å². The minimum atomic E-state index is 0.120. The summed E-state index contributed by atoms with van der Waals surface area (Å²) >= 11 is 0. The van der Waals surface area contributed by atoms with E-state index >= 15 is 0 Å². The number of carbonyl (C=O) groups excluding carboxylic acids is 1. The van der Waals surface area contributed by atoms with Gasteiger partial charge >= 0.3 is 0 Å². The third-order valence-corrected chi connectivity index (χ3v) is 3.38. The highest BCUT2D eigenvalue weighted by Gasteiger charge is 2.23. The van der Waals surface area contributed by atoms with Gasteiger partial charge in [-0.1, -0.05) is 26.2 Å². The lowest BCUT2D eigenvalue weighted by Gasteiger charge is -2.30. The van der Waals surface area contributed by atoms with Gasteiger partial charge in [0.25, 0.3) is 0 Å². The van der Waals surface area contributed by atoms with Crippen molar-refractivity contribution in [2.75, 3.05) is 6.54 Å². The van der Waals surface area contributed by atoms with Crippen molar-refractivity contribution in [3.05, 3.63) is 0 Å². The van der Waals surface area contributed by atoms with E-state index in [0.717, 1.165) is 6.42 Å². The van der Waals surface area contributed by atoms with Crippen molar-refractivity contribution >= 4 is 5.91 Å². The highest BCUT2D eigenvalue weighted by atomic mass is 16.1. The second kappa shape index (κ2) is 6.83. The highest BCUT2D eigenvalue weighted by Crippen LogP contribution is 2.27. The minimum Gasteiger partial charge on any atom is -0.353 e. The molecule has 1 fully saturated rings. The standard InChI is InChI=1S/C12H24N2O/c1-2-11(14-12(15)8-9-13)10-6-4-3-5-7-10/h10-11H,2-9,13H2,1H3,(H,14,15). The van der Waals surface area contributed by atoms with Gasteiger partial charge < -0.3 is 11.1 Å². The van der Waals surface area contributed by atoms with E-state index in [4.69, 9.17) is 5.73 Å². The van der Waals surface area contributed by atoms with Crippen LogP contribution in [0.15, 0.2) is 0 Å². The summed E-state index contributed by atoms with van der Waals surface area (Å²) < 4.78 is 0. The van der Waals surface area contributed by atoms with Crippen molar-refractivity contribution < 1.29 is 4.79 Å². The smallest absolute Gasteiger partial charge is 0.221 e. The molecule has 1 aliphatic carbocycles. The molecule has 1 amide bonds.